The molecule has 0 aromatic heterocycles. The number of nitrogens with zero attached hydrogens (tertiary/aromatic N) is 1. The summed E-state index contributed by atoms with van der Waals surface area (Å²) in [6.07, 6.45) is 0.767. The van der Waals surface area contributed by atoms with E-state index in [0.29, 0.717) is 18.6 Å². The lowest BCUT2D eigenvalue weighted by Gasteiger charge is -2.28. The summed E-state index contributed by atoms with van der Waals surface area (Å²) in [4.78, 5) is 24.8. The number of piperidine rings is 1. The Morgan fingerprint density at radius 3 is 2.94 bits per heavy atom. The Morgan fingerprint density at radius 2 is 2.22 bits per heavy atom. The highest BCUT2D eigenvalue weighted by Gasteiger charge is 2.31. The Bertz CT molecular complexity index is 473. The van der Waals surface area contributed by atoms with Crippen LogP contribution < -0.4 is 10.5 Å². The third-order valence-corrected chi connectivity index (χ3v) is 3.03. The van der Waals surface area contributed by atoms with E-state index in [1.165, 1.54) is 4.90 Å². The molecule has 1 aromatic carbocycles. The summed E-state index contributed by atoms with van der Waals surface area (Å²) in [5.41, 5.74) is 6.52. The summed E-state index contributed by atoms with van der Waals surface area (Å²) in [6, 6.07) is 6.74. The fourth-order valence-electron chi connectivity index (χ4n) is 1.98. The minimum atomic E-state index is -0.562. The van der Waals surface area contributed by atoms with Crippen LogP contribution in [-0.4, -0.2) is 29.9 Å². The van der Waals surface area contributed by atoms with Gasteiger partial charge in [0.15, 0.2) is 0 Å². The molecule has 2 amide bonds. The van der Waals surface area contributed by atoms with Crippen molar-refractivity contribution in [2.24, 2.45) is 5.73 Å². The molecule has 1 atom stereocenters. The largest absolute Gasteiger partial charge is 0.497 e. The van der Waals surface area contributed by atoms with Gasteiger partial charge >= 0.3 is 0 Å². The van der Waals surface area contributed by atoms with Crippen LogP contribution in [0, 0.1) is 0 Å². The Balaban J connectivity index is 2.16. The van der Waals surface area contributed by atoms with Gasteiger partial charge in [-0.1, -0.05) is 12.1 Å². The van der Waals surface area contributed by atoms with E-state index in [-0.39, 0.29) is 18.4 Å². The average molecular weight is 248 g/mol. The van der Waals surface area contributed by atoms with Crippen LogP contribution in [0.4, 0.5) is 0 Å². The quantitative estimate of drug-likeness (QED) is 0.798. The molecule has 0 saturated carbocycles. The van der Waals surface area contributed by atoms with Gasteiger partial charge in [-0.15, -0.1) is 0 Å². The molecule has 96 valence electrons. The summed E-state index contributed by atoms with van der Waals surface area (Å²) in [6.45, 7) is 0.253. The second kappa shape index (κ2) is 5.18. The van der Waals surface area contributed by atoms with E-state index in [4.69, 9.17) is 10.5 Å². The van der Waals surface area contributed by atoms with E-state index >= 15 is 0 Å². The second-order valence-electron chi connectivity index (χ2n) is 4.31. The van der Waals surface area contributed by atoms with Crippen molar-refractivity contribution in [1.29, 1.82) is 0 Å². The average Bonchev–Trinajstić information content (AvgIpc) is 2.39. The van der Waals surface area contributed by atoms with Crippen molar-refractivity contribution in [3.8, 4) is 5.75 Å². The molecule has 5 heteroatoms. The van der Waals surface area contributed by atoms with Gasteiger partial charge in [0.05, 0.1) is 19.7 Å². The van der Waals surface area contributed by atoms with E-state index < -0.39 is 6.04 Å². The molecular weight excluding hydrogens is 232 g/mol. The van der Waals surface area contributed by atoms with E-state index in [0.717, 1.165) is 5.56 Å². The topological polar surface area (TPSA) is 72.6 Å². The van der Waals surface area contributed by atoms with E-state index in [1.54, 1.807) is 13.2 Å². The maximum atomic E-state index is 11.8. The predicted molar refractivity (Wildman–Crippen MR) is 65.8 cm³/mol. The number of nitrogens with two attached hydrogens (primary N) is 1. The minimum Gasteiger partial charge on any atom is -0.497 e. The number of likely N-dealkylation sites (tertiary alicyclic amines) is 1. The molecule has 2 rings (SSSR count). The summed E-state index contributed by atoms with van der Waals surface area (Å²) in [5.74, 6) is 0.243. The van der Waals surface area contributed by atoms with Crippen LogP contribution in [0.2, 0.25) is 0 Å². The number of imide groups is 1. The standard InChI is InChI=1S/C13H16N2O3/c1-18-10-4-2-3-9(7-10)8-15-12(16)6-5-11(14)13(15)17/h2-4,7,11H,5-6,8,14H2,1H3. The van der Waals surface area contributed by atoms with E-state index in [2.05, 4.69) is 0 Å². The maximum Gasteiger partial charge on any atom is 0.246 e. The number of benzene rings is 1. The monoisotopic (exact) mass is 248 g/mol. The fraction of sp³-hybridized carbons (Fsp3) is 0.385. The Hall–Kier alpha value is -1.88. The molecule has 1 aliphatic rings. The van der Waals surface area contributed by atoms with Gasteiger partial charge in [0.25, 0.3) is 0 Å². The van der Waals surface area contributed by atoms with Crippen LogP contribution in [-0.2, 0) is 16.1 Å². The van der Waals surface area contributed by atoms with Gasteiger partial charge in [-0.05, 0) is 24.1 Å². The van der Waals surface area contributed by atoms with Crippen LogP contribution in [0.15, 0.2) is 24.3 Å². The molecule has 0 spiro atoms. The zero-order valence-electron chi connectivity index (χ0n) is 10.3. The molecule has 5 nitrogen and oxygen atoms in total. The van der Waals surface area contributed by atoms with Crippen LogP contribution in [0.5, 0.6) is 5.75 Å². The van der Waals surface area contributed by atoms with Crippen LogP contribution >= 0.6 is 0 Å². The molecule has 0 radical (unpaired) electrons. The van der Waals surface area contributed by atoms with Gasteiger partial charge in [0.2, 0.25) is 11.8 Å². The first kappa shape index (κ1) is 12.6. The number of amides is 2. The molecule has 1 aromatic rings. The molecular formula is C13H16N2O3. The second-order valence-corrected chi connectivity index (χ2v) is 4.31. The third-order valence-electron chi connectivity index (χ3n) is 3.03. The van der Waals surface area contributed by atoms with Crippen LogP contribution in [0.3, 0.4) is 0 Å². The lowest BCUT2D eigenvalue weighted by atomic mass is 10.0. The molecule has 1 fully saturated rings. The number of ether oxygens (including phenoxy) is 1. The Labute approximate surface area is 106 Å². The van der Waals surface area contributed by atoms with Crippen molar-refractivity contribution < 1.29 is 14.3 Å². The molecule has 18 heavy (non-hydrogen) atoms. The van der Waals surface area contributed by atoms with Crippen molar-refractivity contribution in [3.63, 3.8) is 0 Å². The maximum absolute atomic E-state index is 11.8. The molecule has 1 aliphatic heterocycles. The highest BCUT2D eigenvalue weighted by molar-refractivity contribution is 6.00. The van der Waals surface area contributed by atoms with Gasteiger partial charge < -0.3 is 10.5 Å². The summed E-state index contributed by atoms with van der Waals surface area (Å²) in [7, 11) is 1.58. The first-order valence-electron chi connectivity index (χ1n) is 5.84. The van der Waals surface area contributed by atoms with Gasteiger partial charge in [0.1, 0.15) is 5.75 Å². The third kappa shape index (κ3) is 2.51. The normalized spacial score (nSPS) is 20.1. The first-order valence-corrected chi connectivity index (χ1v) is 5.84. The van der Waals surface area contributed by atoms with E-state index in [9.17, 15) is 9.59 Å². The molecule has 0 bridgehead atoms. The van der Waals surface area contributed by atoms with Crippen molar-refractivity contribution in [2.45, 2.75) is 25.4 Å². The van der Waals surface area contributed by atoms with Gasteiger partial charge in [0, 0.05) is 6.42 Å². The Morgan fingerprint density at radius 1 is 1.44 bits per heavy atom. The van der Waals surface area contributed by atoms with Gasteiger partial charge in [-0.2, -0.15) is 0 Å². The smallest absolute Gasteiger partial charge is 0.246 e. The SMILES string of the molecule is COc1cccc(CN2C(=O)CCC(N)C2=O)c1. The Kier molecular flexibility index (Phi) is 3.62. The molecule has 0 aliphatic carbocycles. The fourth-order valence-corrected chi connectivity index (χ4v) is 1.98. The van der Waals surface area contributed by atoms with E-state index in [1.807, 2.05) is 18.2 Å². The summed E-state index contributed by atoms with van der Waals surface area (Å²) in [5, 5.41) is 0. The van der Waals surface area contributed by atoms with Crippen molar-refractivity contribution >= 4 is 11.8 Å². The van der Waals surface area contributed by atoms with Crippen molar-refractivity contribution in [1.82, 2.24) is 4.90 Å². The lowest BCUT2D eigenvalue weighted by molar-refractivity contribution is -0.149. The predicted octanol–water partition coefficient (Wildman–Crippen LogP) is 0.671. The highest BCUT2D eigenvalue weighted by atomic mass is 16.5. The summed E-state index contributed by atoms with van der Waals surface area (Å²) >= 11 is 0. The van der Waals surface area contributed by atoms with Gasteiger partial charge in [-0.25, -0.2) is 0 Å². The molecule has 1 unspecified atom stereocenters. The van der Waals surface area contributed by atoms with Crippen molar-refractivity contribution in [2.75, 3.05) is 7.11 Å². The molecule has 2 N–H and O–H groups in total. The van der Waals surface area contributed by atoms with Crippen LogP contribution in [0.25, 0.3) is 0 Å². The minimum absolute atomic E-state index is 0.162. The van der Waals surface area contributed by atoms with Crippen LogP contribution in [0.1, 0.15) is 18.4 Å². The zero-order chi connectivity index (χ0) is 13.1. The zero-order valence-corrected chi connectivity index (χ0v) is 10.3. The molecule has 1 heterocycles. The van der Waals surface area contributed by atoms with Gasteiger partial charge in [-0.3, -0.25) is 14.5 Å². The number of hydrogen-bond acceptors (Lipinski definition) is 4. The number of hydrogen-bond donors (Lipinski definition) is 1. The molecule has 1 saturated heterocycles. The number of carbonyl (C=O) groups is 2. The van der Waals surface area contributed by atoms with Crippen molar-refractivity contribution in [3.05, 3.63) is 29.8 Å². The first-order chi connectivity index (χ1) is 8.61. The number of rotatable bonds is 3. The summed E-state index contributed by atoms with van der Waals surface area (Å²) < 4.78 is 5.11. The lowest BCUT2D eigenvalue weighted by Crippen LogP contribution is -2.50. The number of carbonyl (C=O) groups excluding carboxylic acids is 2. The highest BCUT2D eigenvalue weighted by Crippen LogP contribution is 2.18. The number of methoxy groups -OCH3 is 1.